The van der Waals surface area contributed by atoms with Crippen molar-refractivity contribution in [2.45, 2.75) is 51.8 Å². The molecule has 2 heterocycles. The molecule has 1 aliphatic heterocycles. The lowest BCUT2D eigenvalue weighted by molar-refractivity contribution is -0.158. The van der Waals surface area contributed by atoms with Gasteiger partial charge >= 0.3 is 30.9 Å². The van der Waals surface area contributed by atoms with Crippen molar-refractivity contribution in [2.75, 3.05) is 25.6 Å². The highest BCUT2D eigenvalue weighted by Crippen LogP contribution is 2.67. The monoisotopic (exact) mass is 497 g/mol. The molecular weight excluding hydrogens is 471 g/mol. The second-order valence-corrected chi connectivity index (χ2v) is 9.04. The highest BCUT2D eigenvalue weighted by molar-refractivity contribution is 7.55. The Morgan fingerprint density at radius 3 is 2.33 bits per heavy atom. The zero-order valence-corrected chi connectivity index (χ0v) is 19.3. The van der Waals surface area contributed by atoms with E-state index in [-0.39, 0.29) is 19.0 Å². The fourth-order valence-electron chi connectivity index (χ4n) is 3.39. The smallest absolute Gasteiger partial charge is 0.400 e. The number of rotatable bonds is 10. The van der Waals surface area contributed by atoms with E-state index in [1.54, 1.807) is 0 Å². The Balaban J connectivity index is 2.65. The molecule has 0 radical (unpaired) electrons. The van der Waals surface area contributed by atoms with Crippen LogP contribution in [-0.4, -0.2) is 59.2 Å². The first-order valence-electron chi connectivity index (χ1n) is 9.95. The maximum absolute atomic E-state index is 15.8. The first kappa shape index (κ1) is 26.8. The van der Waals surface area contributed by atoms with Crippen LogP contribution in [0.4, 0.5) is 14.6 Å². The Kier molecular flexibility index (Phi) is 8.69. The Morgan fingerprint density at radius 1 is 1.24 bits per heavy atom. The lowest BCUT2D eigenvalue weighted by Gasteiger charge is -2.34. The van der Waals surface area contributed by atoms with E-state index in [0.29, 0.717) is 0 Å². The Morgan fingerprint density at radius 2 is 1.85 bits per heavy atom. The van der Waals surface area contributed by atoms with Gasteiger partial charge in [0.1, 0.15) is 24.4 Å². The number of halogens is 2. The van der Waals surface area contributed by atoms with Gasteiger partial charge in [0.15, 0.2) is 12.3 Å². The van der Waals surface area contributed by atoms with Crippen LogP contribution in [0.25, 0.3) is 0 Å². The van der Waals surface area contributed by atoms with Crippen LogP contribution in [-0.2, 0) is 37.4 Å². The van der Waals surface area contributed by atoms with Gasteiger partial charge in [-0.2, -0.15) is 13.8 Å². The molecule has 0 aromatic carbocycles. The van der Waals surface area contributed by atoms with Crippen LogP contribution in [0.1, 0.15) is 33.9 Å². The third kappa shape index (κ3) is 5.75. The maximum atomic E-state index is 15.8. The van der Waals surface area contributed by atoms with Crippen LogP contribution in [0.5, 0.6) is 0 Å². The lowest BCUT2D eigenvalue weighted by Crippen LogP contribution is -2.45. The van der Waals surface area contributed by atoms with Crippen LogP contribution < -0.4 is 11.4 Å². The topological polar surface area (TPSA) is 158 Å². The van der Waals surface area contributed by atoms with Gasteiger partial charge in [0.2, 0.25) is 0 Å². The molecule has 33 heavy (non-hydrogen) atoms. The fraction of sp³-hybridized carbons (Fsp3) is 0.667. The molecular formula is C18H26F2N3O9P. The van der Waals surface area contributed by atoms with Gasteiger partial charge in [-0.05, 0) is 19.9 Å². The molecule has 4 atom stereocenters. The molecule has 2 rings (SSSR count). The van der Waals surface area contributed by atoms with Gasteiger partial charge in [-0.15, -0.1) is 0 Å². The molecule has 2 N–H and O–H groups in total. The molecule has 1 aliphatic rings. The number of nitrogen functional groups attached to an aromatic ring is 1. The average Bonchev–Trinajstić information content (AvgIpc) is 3.04. The SMILES string of the molecule is CCOP(=O)(OCC)C(F)(F)[C@H]1[C@@H](OC(C)=O)[C@H](n2ccc(N)nc2=O)O[C@@H]1COC(C)=O. The molecule has 0 saturated carbocycles. The molecule has 1 saturated heterocycles. The number of hydrogen-bond donors (Lipinski definition) is 1. The first-order chi connectivity index (χ1) is 15.4. The van der Waals surface area contributed by atoms with E-state index in [1.807, 2.05) is 0 Å². The summed E-state index contributed by atoms with van der Waals surface area (Å²) < 4.78 is 70.8. The predicted molar refractivity (Wildman–Crippen MR) is 108 cm³/mol. The summed E-state index contributed by atoms with van der Waals surface area (Å²) in [7, 11) is -5.14. The van der Waals surface area contributed by atoms with Gasteiger partial charge in [0, 0.05) is 20.0 Å². The third-order valence-electron chi connectivity index (χ3n) is 4.59. The van der Waals surface area contributed by atoms with Crippen molar-refractivity contribution in [3.05, 3.63) is 22.7 Å². The number of alkyl halides is 2. The van der Waals surface area contributed by atoms with Crippen molar-refractivity contribution in [1.82, 2.24) is 9.55 Å². The molecule has 0 aliphatic carbocycles. The highest BCUT2D eigenvalue weighted by atomic mass is 31.2. The number of ether oxygens (including phenoxy) is 3. The van der Waals surface area contributed by atoms with Gasteiger partial charge in [-0.3, -0.25) is 18.7 Å². The summed E-state index contributed by atoms with van der Waals surface area (Å²) in [6, 6.07) is 1.20. The number of carbonyl (C=O) groups excluding carboxylic acids is 2. The van der Waals surface area contributed by atoms with Crippen molar-refractivity contribution in [1.29, 1.82) is 0 Å². The third-order valence-corrected chi connectivity index (χ3v) is 6.82. The number of carbonyl (C=O) groups is 2. The van der Waals surface area contributed by atoms with Crippen molar-refractivity contribution >= 4 is 25.4 Å². The lowest BCUT2D eigenvalue weighted by atomic mass is 9.98. The van der Waals surface area contributed by atoms with E-state index in [0.717, 1.165) is 24.6 Å². The molecule has 0 bridgehead atoms. The van der Waals surface area contributed by atoms with Crippen molar-refractivity contribution in [3.8, 4) is 0 Å². The van der Waals surface area contributed by atoms with E-state index < -0.39 is 61.8 Å². The van der Waals surface area contributed by atoms with E-state index in [4.69, 9.17) is 29.0 Å². The largest absolute Gasteiger partial charge is 0.463 e. The maximum Gasteiger partial charge on any atom is 0.400 e. The minimum absolute atomic E-state index is 0.145. The summed E-state index contributed by atoms with van der Waals surface area (Å²) >= 11 is 0. The van der Waals surface area contributed by atoms with Crippen LogP contribution in [0.2, 0.25) is 0 Å². The summed E-state index contributed by atoms with van der Waals surface area (Å²) in [5.74, 6) is -4.13. The summed E-state index contributed by atoms with van der Waals surface area (Å²) in [5.41, 5.74) is 0.203. The molecule has 12 nitrogen and oxygen atoms in total. The van der Waals surface area contributed by atoms with Gasteiger partial charge in [0.25, 0.3) is 0 Å². The Bertz CT molecular complexity index is 964. The molecule has 1 aromatic rings. The van der Waals surface area contributed by atoms with E-state index in [2.05, 4.69) is 4.98 Å². The standard InChI is InChI=1S/C18H26F2N3O9P/c1-5-29-33(27,30-6-2)18(19,20)14-12(9-28-10(3)24)32-16(15(14)31-11(4)25)23-8-7-13(21)22-17(23)26/h7-8,12,14-16H,5-6,9H2,1-4H3,(H2,21,22,26)/t12-,14-,15-,16-/m1/s1. The first-order valence-corrected chi connectivity index (χ1v) is 11.5. The fourth-order valence-corrected chi connectivity index (χ4v) is 5.17. The Labute approximate surface area is 187 Å². The molecule has 1 aromatic heterocycles. The predicted octanol–water partition coefficient (Wildman–Crippen LogP) is 1.69. The second kappa shape index (κ2) is 10.7. The molecule has 186 valence electrons. The van der Waals surface area contributed by atoms with Crippen LogP contribution in [0, 0.1) is 5.92 Å². The number of hydrogen-bond acceptors (Lipinski definition) is 11. The second-order valence-electron chi connectivity index (χ2n) is 6.93. The highest BCUT2D eigenvalue weighted by Gasteiger charge is 2.68. The molecule has 0 spiro atoms. The Hall–Kier alpha value is -2.41. The number of nitrogens with zero attached hydrogens (tertiary/aromatic N) is 2. The van der Waals surface area contributed by atoms with Crippen LogP contribution >= 0.6 is 7.60 Å². The normalized spacial score (nSPS) is 23.3. The average molecular weight is 497 g/mol. The van der Waals surface area contributed by atoms with E-state index >= 15 is 8.78 Å². The quantitative estimate of drug-likeness (QED) is 0.370. The van der Waals surface area contributed by atoms with Gasteiger partial charge in [-0.25, -0.2) is 4.79 Å². The van der Waals surface area contributed by atoms with Gasteiger partial charge in [-0.1, -0.05) is 0 Å². The van der Waals surface area contributed by atoms with Gasteiger partial charge < -0.3 is 29.0 Å². The van der Waals surface area contributed by atoms with E-state index in [9.17, 15) is 18.9 Å². The zero-order chi connectivity index (χ0) is 25.0. The van der Waals surface area contributed by atoms with Crippen LogP contribution in [0.15, 0.2) is 17.1 Å². The molecule has 0 unspecified atom stereocenters. The molecule has 0 amide bonds. The van der Waals surface area contributed by atoms with Crippen molar-refractivity contribution in [3.63, 3.8) is 0 Å². The minimum atomic E-state index is -5.14. The number of esters is 2. The number of nitrogens with two attached hydrogens (primary N) is 1. The summed E-state index contributed by atoms with van der Waals surface area (Å²) in [5, 5.41) is 0. The van der Waals surface area contributed by atoms with Crippen LogP contribution in [0.3, 0.4) is 0 Å². The van der Waals surface area contributed by atoms with Gasteiger partial charge in [0.05, 0.1) is 13.2 Å². The summed E-state index contributed by atoms with van der Waals surface area (Å²) in [4.78, 5) is 39.0. The van der Waals surface area contributed by atoms with E-state index in [1.165, 1.54) is 19.9 Å². The van der Waals surface area contributed by atoms with Crippen molar-refractivity contribution < 1.29 is 46.2 Å². The summed E-state index contributed by atoms with van der Waals surface area (Å²) in [6.45, 7) is 3.21. The summed E-state index contributed by atoms with van der Waals surface area (Å²) in [6.07, 6.45) is -4.06. The number of anilines is 1. The minimum Gasteiger partial charge on any atom is -0.463 e. The molecule has 1 fully saturated rings. The van der Waals surface area contributed by atoms with Crippen molar-refractivity contribution in [2.24, 2.45) is 5.92 Å². The molecule has 15 heteroatoms. The zero-order valence-electron chi connectivity index (χ0n) is 18.4. The number of aromatic nitrogens is 2.